The van der Waals surface area contributed by atoms with Crippen molar-refractivity contribution in [3.05, 3.63) is 65.5 Å². The minimum absolute atomic E-state index is 0.0966. The minimum atomic E-state index is -0.713. The molecule has 1 aliphatic heterocycles. The smallest absolute Gasteiger partial charge is 0.235 e. The summed E-state index contributed by atoms with van der Waals surface area (Å²) in [4.78, 5) is 13.1. The van der Waals surface area contributed by atoms with Crippen LogP contribution >= 0.6 is 0 Å². The third-order valence-electron chi connectivity index (χ3n) is 4.79. The fraction of sp³-hybridized carbons (Fsp3) is 0.350. The number of carbonyl (C=O) groups is 1. The molecule has 0 saturated carbocycles. The van der Waals surface area contributed by atoms with Gasteiger partial charge in [0.2, 0.25) is 5.91 Å². The number of ether oxygens (including phenoxy) is 1. The molecule has 0 aliphatic carbocycles. The molecule has 2 aromatic rings. The van der Waals surface area contributed by atoms with Gasteiger partial charge in [-0.2, -0.15) is 0 Å². The Morgan fingerprint density at radius 1 is 1.08 bits per heavy atom. The number of anilines is 1. The molecular formula is C20H22FNO3. The average Bonchev–Trinajstić information content (AvgIpc) is 2.64. The number of hydrogen-bond acceptors (Lipinski definition) is 3. The number of aliphatic hydroxyl groups excluding tert-OH is 1. The predicted octanol–water partition coefficient (Wildman–Crippen LogP) is 3.05. The summed E-state index contributed by atoms with van der Waals surface area (Å²) >= 11 is 0. The van der Waals surface area contributed by atoms with Crippen LogP contribution in [0.15, 0.2) is 48.5 Å². The fourth-order valence-electron chi connectivity index (χ4n) is 3.27. The van der Waals surface area contributed by atoms with Crippen molar-refractivity contribution in [3.8, 4) is 0 Å². The van der Waals surface area contributed by atoms with E-state index in [4.69, 9.17) is 9.84 Å². The van der Waals surface area contributed by atoms with E-state index in [1.54, 1.807) is 12.1 Å². The summed E-state index contributed by atoms with van der Waals surface area (Å²) in [5.74, 6) is -0.414. The van der Waals surface area contributed by atoms with Crippen molar-refractivity contribution in [2.45, 2.75) is 24.7 Å². The molecular weight excluding hydrogens is 321 g/mol. The summed E-state index contributed by atoms with van der Waals surface area (Å²) in [5.41, 5.74) is 1.82. The predicted molar refractivity (Wildman–Crippen MR) is 94.0 cm³/mol. The van der Waals surface area contributed by atoms with Crippen molar-refractivity contribution in [2.24, 2.45) is 0 Å². The van der Waals surface area contributed by atoms with Gasteiger partial charge in [0.15, 0.2) is 0 Å². The maximum atomic E-state index is 13.3. The lowest BCUT2D eigenvalue weighted by Crippen LogP contribution is -2.44. The lowest BCUT2D eigenvalue weighted by Gasteiger charge is -2.36. The zero-order valence-corrected chi connectivity index (χ0v) is 14.0. The van der Waals surface area contributed by atoms with Crippen molar-refractivity contribution in [2.75, 3.05) is 25.1 Å². The van der Waals surface area contributed by atoms with Gasteiger partial charge in [0.05, 0.1) is 5.41 Å². The number of hydrogen-bond donors (Lipinski definition) is 2. The molecule has 4 nitrogen and oxygen atoms in total. The molecule has 0 aromatic heterocycles. The van der Waals surface area contributed by atoms with Gasteiger partial charge in [-0.15, -0.1) is 0 Å². The van der Waals surface area contributed by atoms with Gasteiger partial charge >= 0.3 is 0 Å². The summed E-state index contributed by atoms with van der Waals surface area (Å²) < 4.78 is 18.7. The molecule has 25 heavy (non-hydrogen) atoms. The minimum Gasteiger partial charge on any atom is -0.396 e. The Kier molecular flexibility index (Phi) is 5.46. The number of nitrogens with one attached hydrogen (secondary N) is 1. The molecule has 0 spiro atoms. The third-order valence-corrected chi connectivity index (χ3v) is 4.79. The van der Waals surface area contributed by atoms with E-state index in [0.29, 0.717) is 38.2 Å². The van der Waals surface area contributed by atoms with Crippen molar-refractivity contribution in [1.82, 2.24) is 0 Å². The number of rotatable bonds is 5. The summed E-state index contributed by atoms with van der Waals surface area (Å²) in [6.45, 7) is 1.10. The highest BCUT2D eigenvalue weighted by Gasteiger charge is 2.41. The van der Waals surface area contributed by atoms with Gasteiger partial charge in [0.1, 0.15) is 5.82 Å². The SMILES string of the molecule is O=C(Nc1ccc(CCO)cc1)C1(c2ccc(F)cc2)CCOCC1. The summed E-state index contributed by atoms with van der Waals surface area (Å²) in [6.07, 6.45) is 1.71. The molecule has 5 heteroatoms. The number of aliphatic hydroxyl groups is 1. The largest absolute Gasteiger partial charge is 0.396 e. The van der Waals surface area contributed by atoms with Gasteiger partial charge in [-0.25, -0.2) is 4.39 Å². The number of carbonyl (C=O) groups excluding carboxylic acids is 1. The Labute approximate surface area is 146 Å². The molecule has 0 atom stereocenters. The Balaban J connectivity index is 1.83. The zero-order chi connectivity index (χ0) is 17.7. The van der Waals surface area contributed by atoms with Crippen LogP contribution < -0.4 is 5.32 Å². The molecule has 1 heterocycles. The van der Waals surface area contributed by atoms with E-state index < -0.39 is 5.41 Å². The first-order valence-corrected chi connectivity index (χ1v) is 8.49. The third kappa shape index (κ3) is 3.89. The normalized spacial score (nSPS) is 16.4. The second-order valence-corrected chi connectivity index (χ2v) is 6.33. The van der Waals surface area contributed by atoms with Crippen LogP contribution in [0.2, 0.25) is 0 Å². The highest BCUT2D eigenvalue weighted by Crippen LogP contribution is 2.36. The van der Waals surface area contributed by atoms with E-state index in [0.717, 1.165) is 11.1 Å². The molecule has 0 unspecified atom stereocenters. The van der Waals surface area contributed by atoms with Crippen LogP contribution in [-0.2, 0) is 21.4 Å². The Morgan fingerprint density at radius 2 is 1.72 bits per heavy atom. The van der Waals surface area contributed by atoms with E-state index in [9.17, 15) is 9.18 Å². The van der Waals surface area contributed by atoms with Crippen LogP contribution in [0.5, 0.6) is 0 Å². The number of amides is 1. The average molecular weight is 343 g/mol. The summed E-state index contributed by atoms with van der Waals surface area (Å²) in [7, 11) is 0. The fourth-order valence-corrected chi connectivity index (χ4v) is 3.27. The molecule has 0 radical (unpaired) electrons. The first kappa shape index (κ1) is 17.6. The Hall–Kier alpha value is -2.24. The van der Waals surface area contributed by atoms with Crippen molar-refractivity contribution in [1.29, 1.82) is 0 Å². The molecule has 2 N–H and O–H groups in total. The van der Waals surface area contributed by atoms with Crippen LogP contribution in [0, 0.1) is 5.82 Å². The topological polar surface area (TPSA) is 58.6 Å². The maximum absolute atomic E-state index is 13.3. The first-order chi connectivity index (χ1) is 12.1. The van der Waals surface area contributed by atoms with Gasteiger partial charge in [-0.3, -0.25) is 4.79 Å². The van der Waals surface area contributed by atoms with Gasteiger partial charge in [0, 0.05) is 25.5 Å². The van der Waals surface area contributed by atoms with Crippen LogP contribution in [0.4, 0.5) is 10.1 Å². The van der Waals surface area contributed by atoms with Gasteiger partial charge in [0.25, 0.3) is 0 Å². The highest BCUT2D eigenvalue weighted by molar-refractivity contribution is 5.99. The Morgan fingerprint density at radius 3 is 2.32 bits per heavy atom. The molecule has 3 rings (SSSR count). The maximum Gasteiger partial charge on any atom is 0.235 e. The second-order valence-electron chi connectivity index (χ2n) is 6.33. The van der Waals surface area contributed by atoms with Crippen LogP contribution in [-0.4, -0.2) is 30.8 Å². The summed E-state index contributed by atoms with van der Waals surface area (Å²) in [6, 6.07) is 13.6. The molecule has 132 valence electrons. The monoisotopic (exact) mass is 343 g/mol. The van der Waals surface area contributed by atoms with E-state index in [1.807, 2.05) is 24.3 Å². The van der Waals surface area contributed by atoms with Gasteiger partial charge in [-0.05, 0) is 54.7 Å². The molecule has 1 fully saturated rings. The molecule has 2 aromatic carbocycles. The summed E-state index contributed by atoms with van der Waals surface area (Å²) in [5, 5.41) is 12.0. The van der Waals surface area contributed by atoms with Crippen LogP contribution in [0.25, 0.3) is 0 Å². The van der Waals surface area contributed by atoms with E-state index >= 15 is 0 Å². The lowest BCUT2D eigenvalue weighted by molar-refractivity contribution is -0.125. The second kappa shape index (κ2) is 7.76. The highest BCUT2D eigenvalue weighted by atomic mass is 19.1. The quantitative estimate of drug-likeness (QED) is 0.877. The molecule has 1 saturated heterocycles. The van der Waals surface area contributed by atoms with Gasteiger partial charge in [-0.1, -0.05) is 24.3 Å². The van der Waals surface area contributed by atoms with Crippen LogP contribution in [0.1, 0.15) is 24.0 Å². The molecule has 1 amide bonds. The molecule has 1 aliphatic rings. The standard InChI is InChI=1S/C20H22FNO3/c21-17-5-3-16(4-6-17)20(10-13-25-14-11-20)19(24)22-18-7-1-15(2-8-18)9-12-23/h1-8,23H,9-14H2,(H,22,24). The number of halogens is 1. The van der Waals surface area contributed by atoms with Crippen LogP contribution in [0.3, 0.4) is 0 Å². The zero-order valence-electron chi connectivity index (χ0n) is 14.0. The van der Waals surface area contributed by atoms with Crippen molar-refractivity contribution in [3.63, 3.8) is 0 Å². The van der Waals surface area contributed by atoms with Crippen molar-refractivity contribution >= 4 is 11.6 Å². The van der Waals surface area contributed by atoms with E-state index in [1.165, 1.54) is 12.1 Å². The lowest BCUT2D eigenvalue weighted by atomic mass is 9.73. The molecule has 0 bridgehead atoms. The number of benzene rings is 2. The van der Waals surface area contributed by atoms with Gasteiger partial charge < -0.3 is 15.2 Å². The Bertz CT molecular complexity index is 707. The van der Waals surface area contributed by atoms with E-state index in [-0.39, 0.29) is 18.3 Å². The first-order valence-electron chi connectivity index (χ1n) is 8.49. The van der Waals surface area contributed by atoms with E-state index in [2.05, 4.69) is 5.32 Å². The van der Waals surface area contributed by atoms with Crippen molar-refractivity contribution < 1.29 is 19.0 Å².